The van der Waals surface area contributed by atoms with Crippen LogP contribution in [0.1, 0.15) is 15.6 Å². The zero-order valence-electron chi connectivity index (χ0n) is 16.4. The number of aliphatic hydroxyl groups excluding tert-OH is 2. The first-order valence-electron chi connectivity index (χ1n) is 9.42. The second-order valence-corrected chi connectivity index (χ2v) is 8.53. The Morgan fingerprint density at radius 2 is 2.17 bits per heavy atom. The van der Waals surface area contributed by atoms with Crippen LogP contribution in [0.5, 0.6) is 0 Å². The highest BCUT2D eigenvalue weighted by Crippen LogP contribution is 2.20. The fraction of sp³-hybridized carbons (Fsp3) is 0.500. The van der Waals surface area contributed by atoms with E-state index < -0.39 is 24.4 Å². The Hall–Kier alpha value is -2.67. The Morgan fingerprint density at radius 3 is 2.90 bits per heavy atom. The minimum atomic E-state index is -1.24. The van der Waals surface area contributed by atoms with Gasteiger partial charge in [0, 0.05) is 4.88 Å². The maximum atomic E-state index is 12.4. The molecule has 30 heavy (non-hydrogen) atoms. The van der Waals surface area contributed by atoms with Crippen LogP contribution in [0, 0.1) is 13.8 Å². The van der Waals surface area contributed by atoms with E-state index in [1.807, 2.05) is 13.8 Å². The van der Waals surface area contributed by atoms with Crippen LogP contribution in [-0.4, -0.2) is 71.6 Å². The molecule has 1 aliphatic rings. The van der Waals surface area contributed by atoms with Crippen molar-refractivity contribution in [1.82, 2.24) is 29.8 Å². The van der Waals surface area contributed by atoms with E-state index in [1.165, 1.54) is 24.0 Å². The number of amides is 1. The maximum absolute atomic E-state index is 12.4. The number of aromatic nitrogens is 5. The van der Waals surface area contributed by atoms with Gasteiger partial charge in [-0.2, -0.15) is 0 Å². The van der Waals surface area contributed by atoms with Crippen LogP contribution in [0.15, 0.2) is 17.4 Å². The Morgan fingerprint density at radius 1 is 1.37 bits per heavy atom. The summed E-state index contributed by atoms with van der Waals surface area (Å²) in [5.41, 5.74) is 0.989. The number of H-pyrrole nitrogens is 1. The summed E-state index contributed by atoms with van der Waals surface area (Å²) in [5, 5.41) is 24.7. The van der Waals surface area contributed by atoms with Crippen molar-refractivity contribution in [3.63, 3.8) is 0 Å². The van der Waals surface area contributed by atoms with Crippen molar-refractivity contribution in [2.24, 2.45) is 0 Å². The van der Waals surface area contributed by atoms with E-state index in [9.17, 15) is 19.8 Å². The van der Waals surface area contributed by atoms with Crippen LogP contribution in [0.4, 0.5) is 0 Å². The zero-order valence-corrected chi connectivity index (χ0v) is 17.2. The predicted molar refractivity (Wildman–Crippen MR) is 107 cm³/mol. The van der Waals surface area contributed by atoms with Crippen molar-refractivity contribution in [1.29, 1.82) is 0 Å². The van der Waals surface area contributed by atoms with E-state index >= 15 is 0 Å². The molecule has 4 N–H and O–H groups in total. The molecule has 1 fully saturated rings. The molecule has 12 heteroatoms. The van der Waals surface area contributed by atoms with Crippen molar-refractivity contribution in [2.75, 3.05) is 6.61 Å². The van der Waals surface area contributed by atoms with Crippen molar-refractivity contribution in [3.8, 4) is 0 Å². The summed E-state index contributed by atoms with van der Waals surface area (Å²) in [5.74, 6) is -0.274. The number of carbonyl (C=O) groups is 1. The highest BCUT2D eigenvalue weighted by atomic mass is 32.1. The molecule has 3 aromatic heterocycles. The molecule has 0 bridgehead atoms. The summed E-state index contributed by atoms with van der Waals surface area (Å²) in [6.07, 6.45) is -0.338. The van der Waals surface area contributed by atoms with E-state index in [0.717, 1.165) is 15.6 Å². The Kier molecular flexibility index (Phi) is 5.64. The molecule has 0 radical (unpaired) electrons. The third-order valence-electron chi connectivity index (χ3n) is 5.08. The number of imidazole rings is 1. The molecular formula is C18H22N6O5S. The minimum absolute atomic E-state index is 0.0377. The number of rotatable bonds is 5. The number of ether oxygens (including phenoxy) is 1. The molecule has 4 heterocycles. The molecule has 0 aliphatic carbocycles. The summed E-state index contributed by atoms with van der Waals surface area (Å²) in [6, 6.07) is -0.737. The van der Waals surface area contributed by atoms with Gasteiger partial charge >= 0.3 is 0 Å². The number of nitrogens with one attached hydrogen (secondary N) is 2. The first-order chi connectivity index (χ1) is 14.3. The molecule has 0 saturated carbocycles. The summed E-state index contributed by atoms with van der Waals surface area (Å²) < 4.78 is 7.29. The normalized spacial score (nSPS) is 24.3. The third-order valence-corrected chi connectivity index (χ3v) is 6.16. The summed E-state index contributed by atoms with van der Waals surface area (Å²) >= 11 is 1.46. The standard InChI is InChI=1S/C18H22N6O5S/c1-8-12(30-9(2)22-8)3-13(25)23-10-5-29-11(16(27)15(10)26)4-24-7-21-14-17(24)19-6-20-18(14)28/h6-7,10-11,15-16,26-27H,3-5H2,1-2H3,(H,23,25)(H,19,20,28)/t10-,11-,15+,16-/m1/s1. The van der Waals surface area contributed by atoms with Crippen LogP contribution in [0.3, 0.4) is 0 Å². The lowest BCUT2D eigenvalue weighted by molar-refractivity contribution is -0.158. The maximum Gasteiger partial charge on any atom is 0.278 e. The number of carbonyl (C=O) groups excluding carboxylic acids is 1. The summed E-state index contributed by atoms with van der Waals surface area (Å²) in [6.45, 7) is 3.91. The Labute approximate surface area is 174 Å². The van der Waals surface area contributed by atoms with Crippen LogP contribution in [-0.2, 0) is 22.5 Å². The molecule has 4 rings (SSSR count). The van der Waals surface area contributed by atoms with Gasteiger partial charge in [-0.3, -0.25) is 9.59 Å². The number of aromatic amines is 1. The van der Waals surface area contributed by atoms with Gasteiger partial charge in [-0.05, 0) is 13.8 Å². The quantitative estimate of drug-likeness (QED) is 0.400. The smallest absolute Gasteiger partial charge is 0.278 e. The molecule has 0 aromatic carbocycles. The number of aliphatic hydroxyl groups is 2. The lowest BCUT2D eigenvalue weighted by atomic mass is 9.97. The molecule has 160 valence electrons. The van der Waals surface area contributed by atoms with Gasteiger partial charge in [0.15, 0.2) is 11.2 Å². The molecular weight excluding hydrogens is 412 g/mol. The van der Waals surface area contributed by atoms with Crippen LogP contribution in [0.2, 0.25) is 0 Å². The van der Waals surface area contributed by atoms with E-state index in [-0.39, 0.29) is 36.6 Å². The molecule has 1 saturated heterocycles. The molecule has 1 amide bonds. The largest absolute Gasteiger partial charge is 0.388 e. The third kappa shape index (κ3) is 3.99. The van der Waals surface area contributed by atoms with Gasteiger partial charge in [0.1, 0.15) is 18.3 Å². The number of aryl methyl sites for hydroxylation is 2. The average Bonchev–Trinajstić information content (AvgIpc) is 3.25. The van der Waals surface area contributed by atoms with Crippen molar-refractivity contribution in [2.45, 2.75) is 51.2 Å². The molecule has 0 unspecified atom stereocenters. The highest BCUT2D eigenvalue weighted by Gasteiger charge is 2.39. The number of thiazole rings is 1. The lowest BCUT2D eigenvalue weighted by Crippen LogP contribution is -2.60. The summed E-state index contributed by atoms with van der Waals surface area (Å²) in [7, 11) is 0. The number of hydrogen-bond acceptors (Lipinski definition) is 9. The zero-order chi connectivity index (χ0) is 21.4. The van der Waals surface area contributed by atoms with Gasteiger partial charge in [0.05, 0.1) is 49.0 Å². The lowest BCUT2D eigenvalue weighted by Gasteiger charge is -2.38. The SMILES string of the molecule is Cc1nc(C)c(CC(=O)N[C@@H]2CO[C@H](Cn3cnc4c(=O)[nH]cnc43)[C@@H](O)[C@H]2O)s1. The first-order valence-corrected chi connectivity index (χ1v) is 10.2. The van der Waals surface area contributed by atoms with Crippen molar-refractivity contribution in [3.05, 3.63) is 38.6 Å². The number of fused-ring (bicyclic) bond motifs is 1. The summed E-state index contributed by atoms with van der Waals surface area (Å²) in [4.78, 5) is 39.9. The van der Waals surface area contributed by atoms with Gasteiger partial charge < -0.3 is 29.8 Å². The number of nitrogens with zero attached hydrogens (tertiary/aromatic N) is 4. The molecule has 1 aliphatic heterocycles. The second kappa shape index (κ2) is 8.22. The minimum Gasteiger partial charge on any atom is -0.388 e. The van der Waals surface area contributed by atoms with E-state index in [0.29, 0.717) is 5.65 Å². The van der Waals surface area contributed by atoms with Crippen LogP contribution >= 0.6 is 11.3 Å². The number of hydrogen-bond donors (Lipinski definition) is 4. The van der Waals surface area contributed by atoms with E-state index in [1.54, 1.807) is 4.57 Å². The molecule has 0 spiro atoms. The van der Waals surface area contributed by atoms with E-state index in [4.69, 9.17) is 4.74 Å². The fourth-order valence-corrected chi connectivity index (χ4v) is 4.47. The Bertz CT molecular complexity index is 1120. The van der Waals surface area contributed by atoms with Gasteiger partial charge in [-0.25, -0.2) is 15.0 Å². The van der Waals surface area contributed by atoms with Crippen LogP contribution < -0.4 is 10.9 Å². The van der Waals surface area contributed by atoms with Crippen molar-refractivity contribution < 1.29 is 19.7 Å². The molecule has 3 aromatic rings. The predicted octanol–water partition coefficient (Wildman–Crippen LogP) is -0.959. The van der Waals surface area contributed by atoms with E-state index in [2.05, 4.69) is 25.3 Å². The topological polar surface area (TPSA) is 155 Å². The van der Waals surface area contributed by atoms with Gasteiger partial charge in [0.2, 0.25) is 5.91 Å². The van der Waals surface area contributed by atoms with Crippen molar-refractivity contribution >= 4 is 28.4 Å². The highest BCUT2D eigenvalue weighted by molar-refractivity contribution is 7.11. The average molecular weight is 434 g/mol. The van der Waals surface area contributed by atoms with Gasteiger partial charge in [-0.15, -0.1) is 11.3 Å². The van der Waals surface area contributed by atoms with Gasteiger partial charge in [-0.1, -0.05) is 0 Å². The van der Waals surface area contributed by atoms with Crippen LogP contribution in [0.25, 0.3) is 11.2 Å². The molecule has 11 nitrogen and oxygen atoms in total. The van der Waals surface area contributed by atoms with Gasteiger partial charge in [0.25, 0.3) is 5.56 Å². The second-order valence-electron chi connectivity index (χ2n) is 7.25. The monoisotopic (exact) mass is 434 g/mol. The fourth-order valence-electron chi connectivity index (χ4n) is 3.53. The molecule has 4 atom stereocenters. The first kappa shape index (κ1) is 20.6. The Balaban J connectivity index is 1.39.